The molecule has 0 bridgehead atoms. The molecule has 4 heteroatoms. The summed E-state index contributed by atoms with van der Waals surface area (Å²) in [6, 6.07) is 27.0. The monoisotopic (exact) mass is 403 g/mol. The zero-order valence-electron chi connectivity index (χ0n) is 17.5. The first-order valence-electron chi connectivity index (χ1n) is 10.4. The van der Waals surface area contributed by atoms with Crippen molar-refractivity contribution in [2.24, 2.45) is 5.92 Å². The molecule has 2 unspecified atom stereocenters. The molecule has 1 aliphatic rings. The lowest BCUT2D eigenvalue weighted by Crippen LogP contribution is -2.47. The van der Waals surface area contributed by atoms with E-state index >= 15 is 0 Å². The fraction of sp³-hybridized carbons (Fsp3) is 0.308. The summed E-state index contributed by atoms with van der Waals surface area (Å²) < 4.78 is 11.7. The highest BCUT2D eigenvalue weighted by Crippen LogP contribution is 2.50. The molecule has 1 aliphatic heterocycles. The molecule has 1 saturated heterocycles. The van der Waals surface area contributed by atoms with Gasteiger partial charge in [0.05, 0.1) is 19.6 Å². The first-order valence-corrected chi connectivity index (χ1v) is 10.4. The van der Waals surface area contributed by atoms with Crippen molar-refractivity contribution in [3.8, 4) is 11.5 Å². The molecule has 0 aromatic heterocycles. The van der Waals surface area contributed by atoms with Crippen LogP contribution in [0.15, 0.2) is 78.9 Å². The molecule has 0 aliphatic carbocycles. The average molecular weight is 404 g/mol. The highest BCUT2D eigenvalue weighted by Gasteiger charge is 2.49. The van der Waals surface area contributed by atoms with Crippen LogP contribution in [0.1, 0.15) is 23.1 Å². The molecule has 4 rings (SSSR count). The number of benzene rings is 3. The van der Waals surface area contributed by atoms with E-state index in [9.17, 15) is 5.11 Å². The van der Waals surface area contributed by atoms with Crippen molar-refractivity contribution >= 4 is 0 Å². The van der Waals surface area contributed by atoms with Crippen LogP contribution in [0.25, 0.3) is 0 Å². The molecule has 3 aromatic carbocycles. The van der Waals surface area contributed by atoms with Gasteiger partial charge in [0.2, 0.25) is 0 Å². The highest BCUT2D eigenvalue weighted by molar-refractivity contribution is 5.60. The Bertz CT molecular complexity index is 925. The zero-order chi connectivity index (χ0) is 21.0. The van der Waals surface area contributed by atoms with Crippen molar-refractivity contribution in [2.75, 3.05) is 27.4 Å². The number of aliphatic hydroxyl groups is 1. The van der Waals surface area contributed by atoms with Crippen molar-refractivity contribution in [2.45, 2.75) is 17.9 Å². The first-order chi connectivity index (χ1) is 14.7. The minimum Gasteiger partial charge on any atom is -0.496 e. The summed E-state index contributed by atoms with van der Waals surface area (Å²) in [5.41, 5.74) is 2.78. The fourth-order valence-electron chi connectivity index (χ4n) is 4.95. The summed E-state index contributed by atoms with van der Waals surface area (Å²) >= 11 is 0. The van der Waals surface area contributed by atoms with Gasteiger partial charge in [-0.15, -0.1) is 0 Å². The van der Waals surface area contributed by atoms with Crippen LogP contribution in [0.3, 0.4) is 0 Å². The molecule has 0 spiro atoms. The Morgan fingerprint density at radius 3 is 1.87 bits per heavy atom. The molecule has 156 valence electrons. The van der Waals surface area contributed by atoms with E-state index in [1.165, 1.54) is 0 Å². The number of rotatable bonds is 7. The van der Waals surface area contributed by atoms with E-state index in [1.807, 2.05) is 30.3 Å². The molecule has 1 heterocycles. The standard InChI is InChI=1S/C26H29NO3/c1-29-23-14-8-6-12-21(23)26(20-10-4-3-5-11-20,25-16-19(18-28)17-27-25)22-13-7-9-15-24(22)30-2/h3-15,19,25,27-28H,16-18H2,1-2H3. The number of hydrogen-bond donors (Lipinski definition) is 2. The van der Waals surface area contributed by atoms with E-state index in [-0.39, 0.29) is 18.6 Å². The van der Waals surface area contributed by atoms with Crippen molar-refractivity contribution in [1.82, 2.24) is 5.32 Å². The van der Waals surface area contributed by atoms with Gasteiger partial charge in [-0.05, 0) is 30.0 Å². The topological polar surface area (TPSA) is 50.7 Å². The summed E-state index contributed by atoms with van der Waals surface area (Å²) in [6.45, 7) is 0.951. The van der Waals surface area contributed by atoms with Gasteiger partial charge in [0, 0.05) is 30.3 Å². The predicted octanol–water partition coefficient (Wildman–Crippen LogP) is 4.01. The number of hydrogen-bond acceptors (Lipinski definition) is 4. The number of aliphatic hydroxyl groups excluding tert-OH is 1. The summed E-state index contributed by atoms with van der Waals surface area (Å²) in [5, 5.41) is 13.6. The molecule has 0 radical (unpaired) electrons. The zero-order valence-corrected chi connectivity index (χ0v) is 17.5. The van der Waals surface area contributed by atoms with E-state index in [1.54, 1.807) is 14.2 Å². The van der Waals surface area contributed by atoms with E-state index in [4.69, 9.17) is 9.47 Å². The van der Waals surface area contributed by atoms with Crippen LogP contribution in [0.4, 0.5) is 0 Å². The molecule has 0 amide bonds. The summed E-state index contributed by atoms with van der Waals surface area (Å²) in [5.74, 6) is 1.88. The Morgan fingerprint density at radius 2 is 1.37 bits per heavy atom. The minimum absolute atomic E-state index is 0.0599. The molecule has 30 heavy (non-hydrogen) atoms. The van der Waals surface area contributed by atoms with Crippen LogP contribution in [-0.2, 0) is 5.41 Å². The average Bonchev–Trinajstić information content (AvgIpc) is 3.30. The summed E-state index contributed by atoms with van der Waals surface area (Å²) in [6.07, 6.45) is 0.849. The Labute approximate surface area is 178 Å². The van der Waals surface area contributed by atoms with Gasteiger partial charge in [-0.25, -0.2) is 0 Å². The first kappa shape index (κ1) is 20.5. The molecule has 3 aromatic rings. The minimum atomic E-state index is -0.551. The van der Waals surface area contributed by atoms with Crippen LogP contribution in [-0.4, -0.2) is 38.5 Å². The van der Waals surface area contributed by atoms with Crippen molar-refractivity contribution in [3.05, 3.63) is 95.6 Å². The fourth-order valence-corrected chi connectivity index (χ4v) is 4.95. The van der Waals surface area contributed by atoms with E-state index in [0.717, 1.165) is 41.2 Å². The van der Waals surface area contributed by atoms with Crippen LogP contribution < -0.4 is 14.8 Å². The summed E-state index contributed by atoms with van der Waals surface area (Å²) in [7, 11) is 3.44. The van der Waals surface area contributed by atoms with Crippen molar-refractivity contribution in [1.29, 1.82) is 0 Å². The lowest BCUT2D eigenvalue weighted by molar-refractivity contribution is 0.233. The second kappa shape index (κ2) is 8.90. The molecule has 4 nitrogen and oxygen atoms in total. The molecule has 2 N–H and O–H groups in total. The van der Waals surface area contributed by atoms with E-state index in [2.05, 4.69) is 53.8 Å². The normalized spacial score (nSPS) is 18.9. The van der Waals surface area contributed by atoms with E-state index in [0.29, 0.717) is 0 Å². The number of ether oxygens (including phenoxy) is 2. The van der Waals surface area contributed by atoms with Gasteiger partial charge in [-0.1, -0.05) is 66.7 Å². The second-order valence-corrected chi connectivity index (χ2v) is 7.82. The molecule has 1 fully saturated rings. The Hall–Kier alpha value is -2.82. The summed E-state index contributed by atoms with van der Waals surface area (Å²) in [4.78, 5) is 0. The van der Waals surface area contributed by atoms with Gasteiger partial charge in [0.1, 0.15) is 11.5 Å². The van der Waals surface area contributed by atoms with Gasteiger partial charge < -0.3 is 19.9 Å². The Balaban J connectivity index is 2.09. The highest BCUT2D eigenvalue weighted by atomic mass is 16.5. The van der Waals surface area contributed by atoms with Gasteiger partial charge in [-0.3, -0.25) is 0 Å². The molecule has 0 saturated carbocycles. The van der Waals surface area contributed by atoms with Gasteiger partial charge >= 0.3 is 0 Å². The second-order valence-electron chi connectivity index (χ2n) is 7.82. The number of nitrogens with one attached hydrogen (secondary N) is 1. The SMILES string of the molecule is COc1ccccc1C(c1ccccc1)(c1ccccc1OC)C1CC(CO)CN1. The van der Waals surface area contributed by atoms with Gasteiger partial charge in [0.15, 0.2) is 0 Å². The predicted molar refractivity (Wildman–Crippen MR) is 119 cm³/mol. The molecular weight excluding hydrogens is 374 g/mol. The quantitative estimate of drug-likeness (QED) is 0.586. The Kier molecular flexibility index (Phi) is 6.07. The lowest BCUT2D eigenvalue weighted by atomic mass is 9.63. The van der Waals surface area contributed by atoms with Crippen molar-refractivity contribution < 1.29 is 14.6 Å². The van der Waals surface area contributed by atoms with Crippen LogP contribution in [0.5, 0.6) is 11.5 Å². The maximum Gasteiger partial charge on any atom is 0.123 e. The molecule has 2 atom stereocenters. The van der Waals surface area contributed by atoms with Gasteiger partial charge in [0.25, 0.3) is 0 Å². The smallest absolute Gasteiger partial charge is 0.123 e. The Morgan fingerprint density at radius 1 is 0.833 bits per heavy atom. The van der Waals surface area contributed by atoms with Crippen LogP contribution in [0, 0.1) is 5.92 Å². The van der Waals surface area contributed by atoms with Crippen LogP contribution in [0.2, 0.25) is 0 Å². The maximum absolute atomic E-state index is 9.87. The van der Waals surface area contributed by atoms with Crippen molar-refractivity contribution in [3.63, 3.8) is 0 Å². The van der Waals surface area contributed by atoms with Gasteiger partial charge in [-0.2, -0.15) is 0 Å². The van der Waals surface area contributed by atoms with Crippen LogP contribution >= 0.6 is 0 Å². The number of methoxy groups -OCH3 is 2. The lowest BCUT2D eigenvalue weighted by Gasteiger charge is -2.42. The van der Waals surface area contributed by atoms with E-state index < -0.39 is 5.41 Å². The third-order valence-corrected chi connectivity index (χ3v) is 6.30. The third-order valence-electron chi connectivity index (χ3n) is 6.30. The number of para-hydroxylation sites is 2. The third kappa shape index (κ3) is 3.36. The maximum atomic E-state index is 9.87. The largest absolute Gasteiger partial charge is 0.496 e. The molecular formula is C26H29NO3.